The van der Waals surface area contributed by atoms with Crippen molar-refractivity contribution in [2.24, 2.45) is 0 Å². The largest absolute Gasteiger partial charge is 0.279 e. The molecule has 1 aromatic heterocycles. The Morgan fingerprint density at radius 2 is 2.11 bits per heavy atom. The molecular weight excluding hydrogens is 334 g/mol. The first kappa shape index (κ1) is 13.1. The number of terminal acetylenes is 1. The van der Waals surface area contributed by atoms with Crippen molar-refractivity contribution in [2.45, 2.75) is 4.21 Å². The number of halogens is 1. The normalized spacial score (nSPS) is 10.9. The van der Waals surface area contributed by atoms with Crippen molar-refractivity contribution in [3.8, 4) is 12.3 Å². The Hall–Kier alpha value is -1.29. The van der Waals surface area contributed by atoms with Gasteiger partial charge in [0.15, 0.2) is 4.21 Å². The lowest BCUT2D eigenvalue weighted by atomic mass is 10.2. The molecule has 0 amide bonds. The van der Waals surface area contributed by atoms with Gasteiger partial charge in [-0.05, 0) is 45.6 Å². The van der Waals surface area contributed by atoms with Crippen molar-refractivity contribution in [2.75, 3.05) is 4.72 Å². The van der Waals surface area contributed by atoms with Crippen LogP contribution in [0.2, 0.25) is 0 Å². The van der Waals surface area contributed by atoms with Crippen molar-refractivity contribution in [1.82, 2.24) is 0 Å². The van der Waals surface area contributed by atoms with Crippen LogP contribution in [-0.4, -0.2) is 8.42 Å². The summed E-state index contributed by atoms with van der Waals surface area (Å²) in [6, 6.07) is 8.39. The summed E-state index contributed by atoms with van der Waals surface area (Å²) < 4.78 is 27.5. The third-order valence-corrected chi connectivity index (χ3v) is 6.16. The molecule has 0 saturated heterocycles. The van der Waals surface area contributed by atoms with E-state index in [9.17, 15) is 8.42 Å². The van der Waals surface area contributed by atoms with Crippen LogP contribution in [0, 0.1) is 12.3 Å². The first-order valence-electron chi connectivity index (χ1n) is 4.85. The number of thiophene rings is 1. The predicted molar refractivity (Wildman–Crippen MR) is 77.2 cm³/mol. The first-order valence-corrected chi connectivity index (χ1v) is 8.01. The Bertz CT molecular complexity index is 714. The number of rotatable bonds is 3. The fraction of sp³-hybridized carbons (Fsp3) is 0. The summed E-state index contributed by atoms with van der Waals surface area (Å²) in [5, 5.41) is 1.70. The first-order chi connectivity index (χ1) is 8.53. The van der Waals surface area contributed by atoms with Crippen LogP contribution >= 0.6 is 27.3 Å². The zero-order chi connectivity index (χ0) is 13.2. The second kappa shape index (κ2) is 5.14. The van der Waals surface area contributed by atoms with E-state index in [0.29, 0.717) is 15.7 Å². The van der Waals surface area contributed by atoms with Crippen LogP contribution in [0.5, 0.6) is 0 Å². The molecule has 0 aliphatic heterocycles. The summed E-state index contributed by atoms with van der Waals surface area (Å²) in [6.07, 6.45) is 5.27. The van der Waals surface area contributed by atoms with Gasteiger partial charge in [-0.25, -0.2) is 8.42 Å². The molecule has 2 rings (SSSR count). The smallest absolute Gasteiger partial charge is 0.272 e. The average molecular weight is 342 g/mol. The van der Waals surface area contributed by atoms with E-state index in [1.807, 2.05) is 0 Å². The molecule has 18 heavy (non-hydrogen) atoms. The lowest BCUT2D eigenvalue weighted by molar-refractivity contribution is 0.603. The minimum atomic E-state index is -3.57. The van der Waals surface area contributed by atoms with E-state index in [4.69, 9.17) is 6.42 Å². The minimum absolute atomic E-state index is 0.244. The molecule has 2 aromatic rings. The Balaban J connectivity index is 2.34. The molecule has 92 valence electrons. The topological polar surface area (TPSA) is 46.2 Å². The van der Waals surface area contributed by atoms with Crippen LogP contribution < -0.4 is 4.72 Å². The lowest BCUT2D eigenvalue weighted by Crippen LogP contribution is -2.11. The molecule has 1 heterocycles. The maximum atomic E-state index is 12.1. The molecule has 0 aliphatic rings. The summed E-state index contributed by atoms with van der Waals surface area (Å²) in [7, 11) is -3.57. The highest BCUT2D eigenvalue weighted by Gasteiger charge is 2.19. The van der Waals surface area contributed by atoms with Crippen LogP contribution in [0.15, 0.2) is 44.4 Å². The number of nitrogens with one attached hydrogen (secondary N) is 1. The minimum Gasteiger partial charge on any atom is -0.279 e. The molecule has 6 heteroatoms. The van der Waals surface area contributed by atoms with Gasteiger partial charge >= 0.3 is 0 Å². The van der Waals surface area contributed by atoms with Crippen LogP contribution in [-0.2, 0) is 10.0 Å². The number of sulfonamides is 1. The van der Waals surface area contributed by atoms with E-state index >= 15 is 0 Å². The lowest BCUT2D eigenvalue weighted by Gasteiger charge is -2.07. The standard InChI is InChI=1S/C12H8BrNO2S2/c1-2-9-4-3-5-10(8-9)14-18(15,16)12-11(13)6-7-17-12/h1,3-8,14H. The molecule has 3 nitrogen and oxygen atoms in total. The molecule has 0 fully saturated rings. The van der Waals surface area contributed by atoms with Crippen molar-refractivity contribution < 1.29 is 8.42 Å². The zero-order valence-electron chi connectivity index (χ0n) is 9.05. The van der Waals surface area contributed by atoms with Gasteiger partial charge in [-0.1, -0.05) is 12.0 Å². The SMILES string of the molecule is C#Cc1cccc(NS(=O)(=O)c2sccc2Br)c1. The average Bonchev–Trinajstić information content (AvgIpc) is 2.76. The van der Waals surface area contributed by atoms with Crippen molar-refractivity contribution >= 4 is 43.0 Å². The summed E-state index contributed by atoms with van der Waals surface area (Å²) in [6.45, 7) is 0. The maximum absolute atomic E-state index is 12.1. The van der Waals surface area contributed by atoms with Crippen molar-refractivity contribution in [3.63, 3.8) is 0 Å². The molecule has 0 atom stereocenters. The molecular formula is C12H8BrNO2S2. The van der Waals surface area contributed by atoms with Gasteiger partial charge < -0.3 is 0 Å². The van der Waals surface area contributed by atoms with Gasteiger partial charge in [0.2, 0.25) is 0 Å². The van der Waals surface area contributed by atoms with Gasteiger partial charge in [-0.2, -0.15) is 0 Å². The molecule has 0 aliphatic carbocycles. The molecule has 0 radical (unpaired) electrons. The number of anilines is 1. The molecule has 0 unspecified atom stereocenters. The molecule has 0 saturated carbocycles. The van der Waals surface area contributed by atoms with Gasteiger partial charge in [-0.3, -0.25) is 4.72 Å². The molecule has 1 aromatic carbocycles. The van der Waals surface area contributed by atoms with Crippen LogP contribution in [0.25, 0.3) is 0 Å². The highest BCUT2D eigenvalue weighted by molar-refractivity contribution is 9.10. The van der Waals surface area contributed by atoms with E-state index in [0.717, 1.165) is 11.3 Å². The predicted octanol–water partition coefficient (Wildman–Crippen LogP) is 3.29. The quantitative estimate of drug-likeness (QED) is 0.870. The third-order valence-electron chi connectivity index (χ3n) is 2.11. The highest BCUT2D eigenvalue weighted by Crippen LogP contribution is 2.29. The van der Waals surface area contributed by atoms with Gasteiger partial charge in [-0.15, -0.1) is 17.8 Å². The zero-order valence-corrected chi connectivity index (χ0v) is 12.3. The van der Waals surface area contributed by atoms with E-state index < -0.39 is 10.0 Å². The Kier molecular flexibility index (Phi) is 3.76. The van der Waals surface area contributed by atoms with Gasteiger partial charge in [0, 0.05) is 10.0 Å². The monoisotopic (exact) mass is 341 g/mol. The Morgan fingerprint density at radius 1 is 1.33 bits per heavy atom. The maximum Gasteiger partial charge on any atom is 0.272 e. The van der Waals surface area contributed by atoms with Crippen LogP contribution in [0.3, 0.4) is 0 Å². The second-order valence-electron chi connectivity index (χ2n) is 3.39. The van der Waals surface area contributed by atoms with Gasteiger partial charge in [0.05, 0.1) is 5.69 Å². The van der Waals surface area contributed by atoms with E-state index in [1.54, 1.807) is 35.7 Å². The highest BCUT2D eigenvalue weighted by atomic mass is 79.9. The van der Waals surface area contributed by atoms with Crippen molar-refractivity contribution in [1.29, 1.82) is 0 Å². The summed E-state index contributed by atoms with van der Waals surface area (Å²) in [4.78, 5) is 0. The van der Waals surface area contributed by atoms with Crippen LogP contribution in [0.1, 0.15) is 5.56 Å². The molecule has 0 bridgehead atoms. The summed E-state index contributed by atoms with van der Waals surface area (Å²) >= 11 is 4.35. The van der Waals surface area contributed by atoms with Gasteiger partial charge in [0.1, 0.15) is 0 Å². The van der Waals surface area contributed by atoms with E-state index in [1.165, 1.54) is 0 Å². The Labute approximate surface area is 118 Å². The summed E-state index contributed by atoms with van der Waals surface area (Å²) in [5.74, 6) is 2.46. The third kappa shape index (κ3) is 2.75. The van der Waals surface area contributed by atoms with Crippen LogP contribution in [0.4, 0.5) is 5.69 Å². The molecule has 1 N–H and O–H groups in total. The van der Waals surface area contributed by atoms with E-state index in [2.05, 4.69) is 26.6 Å². The summed E-state index contributed by atoms with van der Waals surface area (Å²) in [5.41, 5.74) is 1.08. The van der Waals surface area contributed by atoms with Gasteiger partial charge in [0.25, 0.3) is 10.0 Å². The number of hydrogen-bond acceptors (Lipinski definition) is 3. The number of benzene rings is 1. The van der Waals surface area contributed by atoms with Crippen molar-refractivity contribution in [3.05, 3.63) is 45.7 Å². The number of hydrogen-bond donors (Lipinski definition) is 1. The second-order valence-corrected chi connectivity index (χ2v) is 7.03. The Morgan fingerprint density at radius 3 is 2.72 bits per heavy atom. The molecule has 0 spiro atoms. The van der Waals surface area contributed by atoms with E-state index in [-0.39, 0.29) is 4.21 Å². The fourth-order valence-corrected chi connectivity index (χ4v) is 4.73. The fourth-order valence-electron chi connectivity index (χ4n) is 1.35.